The summed E-state index contributed by atoms with van der Waals surface area (Å²) in [5.74, 6) is 1.32. The molecule has 1 saturated heterocycles. The average molecular weight is 367 g/mol. The first-order valence-corrected chi connectivity index (χ1v) is 8.96. The van der Waals surface area contributed by atoms with Gasteiger partial charge in [0, 0.05) is 6.54 Å². The molecule has 3 aromatic rings. The van der Waals surface area contributed by atoms with Gasteiger partial charge < -0.3 is 23.9 Å². The van der Waals surface area contributed by atoms with Crippen molar-refractivity contribution in [1.29, 1.82) is 0 Å². The number of ether oxygens (including phenoxy) is 3. The summed E-state index contributed by atoms with van der Waals surface area (Å²) >= 11 is 0. The molecule has 1 aliphatic rings. The minimum atomic E-state index is -0.277. The predicted molar refractivity (Wildman–Crippen MR) is 99.9 cm³/mol. The highest BCUT2D eigenvalue weighted by molar-refractivity contribution is 5.91. The summed E-state index contributed by atoms with van der Waals surface area (Å²) in [5.41, 5.74) is 0. The second kappa shape index (κ2) is 8.24. The van der Waals surface area contributed by atoms with Gasteiger partial charge in [0.1, 0.15) is 18.1 Å². The number of furan rings is 1. The van der Waals surface area contributed by atoms with Crippen molar-refractivity contribution in [2.24, 2.45) is 0 Å². The highest BCUT2D eigenvalue weighted by Crippen LogP contribution is 2.21. The molecule has 1 aliphatic heterocycles. The van der Waals surface area contributed by atoms with Crippen LogP contribution in [0.2, 0.25) is 0 Å². The molecule has 27 heavy (non-hydrogen) atoms. The zero-order valence-electron chi connectivity index (χ0n) is 14.9. The molecule has 0 bridgehead atoms. The first-order chi connectivity index (χ1) is 13.3. The van der Waals surface area contributed by atoms with Gasteiger partial charge in [-0.1, -0.05) is 30.3 Å². The van der Waals surface area contributed by atoms with Gasteiger partial charge in [-0.05, 0) is 35.0 Å². The normalized spacial score (nSPS) is 17.0. The molecule has 1 atom stereocenters. The van der Waals surface area contributed by atoms with E-state index < -0.39 is 0 Å². The highest BCUT2D eigenvalue weighted by atomic mass is 16.6. The van der Waals surface area contributed by atoms with Gasteiger partial charge in [0.05, 0.1) is 25.9 Å². The Bertz CT molecular complexity index is 914. The Balaban J connectivity index is 1.31. The van der Waals surface area contributed by atoms with E-state index in [2.05, 4.69) is 11.4 Å². The molecular formula is C21H21NO5. The molecule has 140 valence electrons. The second-order valence-electron chi connectivity index (χ2n) is 6.34. The summed E-state index contributed by atoms with van der Waals surface area (Å²) in [6.07, 6.45) is -0.117. The van der Waals surface area contributed by atoms with Crippen molar-refractivity contribution < 1.29 is 23.4 Å². The number of hydrogen-bond acceptors (Lipinski definition) is 5. The number of hydrogen-bond donors (Lipinski definition) is 1. The third-order valence-corrected chi connectivity index (χ3v) is 4.36. The lowest BCUT2D eigenvalue weighted by Crippen LogP contribution is -2.39. The lowest BCUT2D eigenvalue weighted by molar-refractivity contribution is -0.0856. The number of carbonyl (C=O) groups excluding carboxylic acids is 1. The number of rotatable bonds is 6. The van der Waals surface area contributed by atoms with Gasteiger partial charge >= 0.3 is 0 Å². The first kappa shape index (κ1) is 17.6. The van der Waals surface area contributed by atoms with Crippen molar-refractivity contribution in [3.05, 3.63) is 66.1 Å². The van der Waals surface area contributed by atoms with Crippen molar-refractivity contribution in [2.75, 3.05) is 26.4 Å². The fourth-order valence-corrected chi connectivity index (χ4v) is 2.94. The number of benzene rings is 2. The molecule has 2 aromatic carbocycles. The molecule has 0 saturated carbocycles. The highest BCUT2D eigenvalue weighted by Gasteiger charge is 2.17. The molecule has 6 heteroatoms. The topological polar surface area (TPSA) is 69.9 Å². The summed E-state index contributed by atoms with van der Waals surface area (Å²) in [6, 6.07) is 17.4. The third kappa shape index (κ3) is 4.48. The van der Waals surface area contributed by atoms with Gasteiger partial charge in [0.15, 0.2) is 5.76 Å². The van der Waals surface area contributed by atoms with Crippen molar-refractivity contribution in [3.63, 3.8) is 0 Å². The molecule has 1 aromatic heterocycles. The van der Waals surface area contributed by atoms with Crippen LogP contribution in [-0.4, -0.2) is 38.4 Å². The molecule has 2 heterocycles. The molecule has 0 radical (unpaired) electrons. The van der Waals surface area contributed by atoms with E-state index in [0.717, 1.165) is 16.5 Å². The van der Waals surface area contributed by atoms with Gasteiger partial charge in [-0.2, -0.15) is 0 Å². The van der Waals surface area contributed by atoms with Gasteiger partial charge in [-0.15, -0.1) is 0 Å². The molecule has 1 amide bonds. The maximum atomic E-state index is 12.2. The van der Waals surface area contributed by atoms with Crippen molar-refractivity contribution >= 4 is 16.7 Å². The minimum Gasteiger partial charge on any atom is -0.486 e. The smallest absolute Gasteiger partial charge is 0.287 e. The molecule has 4 rings (SSSR count). The maximum Gasteiger partial charge on any atom is 0.287 e. The lowest BCUT2D eigenvalue weighted by atomic mass is 10.1. The van der Waals surface area contributed by atoms with E-state index in [0.29, 0.717) is 32.1 Å². The van der Waals surface area contributed by atoms with Crippen LogP contribution in [0, 0.1) is 0 Å². The quantitative estimate of drug-likeness (QED) is 0.725. The molecule has 0 spiro atoms. The SMILES string of the molecule is O=C(NC[C@@H]1COCCO1)c1ccc(COc2ccc3ccccc3c2)o1. The zero-order chi connectivity index (χ0) is 18.5. The fourth-order valence-electron chi connectivity index (χ4n) is 2.94. The van der Waals surface area contributed by atoms with Crippen molar-refractivity contribution in [1.82, 2.24) is 5.32 Å². The Morgan fingerprint density at radius 2 is 1.96 bits per heavy atom. The molecule has 0 unspecified atom stereocenters. The van der Waals surface area contributed by atoms with E-state index in [1.54, 1.807) is 12.1 Å². The van der Waals surface area contributed by atoms with Crippen LogP contribution in [0.25, 0.3) is 10.8 Å². The van der Waals surface area contributed by atoms with E-state index in [1.807, 2.05) is 36.4 Å². The fraction of sp³-hybridized carbons (Fsp3) is 0.286. The van der Waals surface area contributed by atoms with Crippen molar-refractivity contribution in [2.45, 2.75) is 12.7 Å². The average Bonchev–Trinajstić information content (AvgIpc) is 3.20. The molecular weight excluding hydrogens is 346 g/mol. The number of fused-ring (bicyclic) bond motifs is 1. The largest absolute Gasteiger partial charge is 0.486 e. The predicted octanol–water partition coefficient (Wildman–Crippen LogP) is 3.16. The Hall–Kier alpha value is -2.83. The van der Waals surface area contributed by atoms with Crippen molar-refractivity contribution in [3.8, 4) is 5.75 Å². The summed E-state index contributed by atoms with van der Waals surface area (Å²) in [6.45, 7) is 2.29. The van der Waals surface area contributed by atoms with Crippen LogP contribution in [0.3, 0.4) is 0 Å². The monoisotopic (exact) mass is 367 g/mol. The van der Waals surface area contributed by atoms with E-state index in [1.165, 1.54) is 0 Å². The number of nitrogens with one attached hydrogen (secondary N) is 1. The van der Waals surface area contributed by atoms with Crippen LogP contribution in [0.15, 0.2) is 59.0 Å². The van der Waals surface area contributed by atoms with E-state index in [-0.39, 0.29) is 24.4 Å². The van der Waals surface area contributed by atoms with Gasteiger partial charge in [0.25, 0.3) is 5.91 Å². The van der Waals surface area contributed by atoms with Gasteiger partial charge in [-0.25, -0.2) is 0 Å². The molecule has 0 aliphatic carbocycles. The summed E-state index contributed by atoms with van der Waals surface area (Å²) in [7, 11) is 0. The van der Waals surface area contributed by atoms with Crippen LogP contribution in [0.1, 0.15) is 16.3 Å². The van der Waals surface area contributed by atoms with Crippen LogP contribution in [0.5, 0.6) is 5.75 Å². The van der Waals surface area contributed by atoms with E-state index >= 15 is 0 Å². The van der Waals surface area contributed by atoms with E-state index in [9.17, 15) is 4.79 Å². The third-order valence-electron chi connectivity index (χ3n) is 4.36. The van der Waals surface area contributed by atoms with Crippen LogP contribution in [-0.2, 0) is 16.1 Å². The van der Waals surface area contributed by atoms with Crippen LogP contribution < -0.4 is 10.1 Å². The Labute approximate surface area is 157 Å². The molecule has 1 N–H and O–H groups in total. The number of carbonyl (C=O) groups is 1. The van der Waals surface area contributed by atoms with Crippen LogP contribution >= 0.6 is 0 Å². The Kier molecular flexibility index (Phi) is 5.37. The Morgan fingerprint density at radius 1 is 1.07 bits per heavy atom. The summed E-state index contributed by atoms with van der Waals surface area (Å²) < 4.78 is 22.2. The van der Waals surface area contributed by atoms with Gasteiger partial charge in [-0.3, -0.25) is 4.79 Å². The molecule has 6 nitrogen and oxygen atoms in total. The summed E-state index contributed by atoms with van der Waals surface area (Å²) in [4.78, 5) is 12.2. The zero-order valence-corrected chi connectivity index (χ0v) is 14.9. The number of amides is 1. The van der Waals surface area contributed by atoms with Gasteiger partial charge in [0.2, 0.25) is 0 Å². The maximum absolute atomic E-state index is 12.2. The first-order valence-electron chi connectivity index (χ1n) is 8.96. The molecule has 1 fully saturated rings. The standard InChI is InChI=1S/C21H21NO5/c23-21(22-12-19-13-24-9-10-25-19)20-8-7-18(27-20)14-26-17-6-5-15-3-1-2-4-16(15)11-17/h1-8,11,19H,9-10,12-14H2,(H,22,23)/t19-/m1/s1. The van der Waals surface area contributed by atoms with E-state index in [4.69, 9.17) is 18.6 Å². The second-order valence-corrected chi connectivity index (χ2v) is 6.34. The minimum absolute atomic E-state index is 0.117. The lowest BCUT2D eigenvalue weighted by Gasteiger charge is -2.22. The Morgan fingerprint density at radius 3 is 2.81 bits per heavy atom. The summed E-state index contributed by atoms with van der Waals surface area (Å²) in [5, 5.41) is 5.07. The van der Waals surface area contributed by atoms with Crippen LogP contribution in [0.4, 0.5) is 0 Å².